The summed E-state index contributed by atoms with van der Waals surface area (Å²) >= 11 is 0. The van der Waals surface area contributed by atoms with Crippen LogP contribution in [0.4, 0.5) is 0 Å². The van der Waals surface area contributed by atoms with Crippen molar-refractivity contribution in [1.82, 2.24) is 5.32 Å². The van der Waals surface area contributed by atoms with Gasteiger partial charge in [-0.05, 0) is 55.1 Å². The molecule has 1 aliphatic heterocycles. The average molecular weight is 257 g/mol. The lowest BCUT2D eigenvalue weighted by atomic mass is 9.87. The molecule has 1 heterocycles. The summed E-state index contributed by atoms with van der Waals surface area (Å²) in [5, 5.41) is 3.90. The minimum absolute atomic E-state index is 0.640. The molecule has 1 saturated carbocycles. The average Bonchev–Trinajstić information content (AvgIpc) is 2.87. The van der Waals surface area contributed by atoms with E-state index in [1.807, 2.05) is 0 Å². The molecule has 1 N–H and O–H groups in total. The molecule has 1 heteroatoms. The van der Waals surface area contributed by atoms with Crippen LogP contribution < -0.4 is 5.32 Å². The van der Waals surface area contributed by atoms with Crippen LogP contribution in [0.15, 0.2) is 24.3 Å². The normalized spacial score (nSPS) is 30.6. The summed E-state index contributed by atoms with van der Waals surface area (Å²) in [5.41, 5.74) is 2.95. The Morgan fingerprint density at radius 1 is 1.05 bits per heavy atom. The summed E-state index contributed by atoms with van der Waals surface area (Å²) in [6.45, 7) is 4.52. The summed E-state index contributed by atoms with van der Waals surface area (Å²) in [7, 11) is 0. The molecule has 3 atom stereocenters. The molecule has 2 aliphatic rings. The first-order chi connectivity index (χ1) is 9.22. The van der Waals surface area contributed by atoms with E-state index < -0.39 is 0 Å². The van der Waals surface area contributed by atoms with Gasteiger partial charge in [-0.2, -0.15) is 0 Å². The number of nitrogens with one attached hydrogen (secondary N) is 1. The molecule has 0 radical (unpaired) electrons. The van der Waals surface area contributed by atoms with Crippen LogP contribution in [0.1, 0.15) is 63.0 Å². The van der Waals surface area contributed by atoms with Gasteiger partial charge in [-0.15, -0.1) is 0 Å². The van der Waals surface area contributed by atoms with Crippen molar-refractivity contribution in [1.29, 1.82) is 0 Å². The van der Waals surface area contributed by atoms with Crippen molar-refractivity contribution in [2.75, 3.05) is 0 Å². The highest BCUT2D eigenvalue weighted by Gasteiger charge is 2.32. The standard InChI is InChI=1S/C18H27N/c1-13(2)15-8-6-14(7-9-15)12-17-11-10-16-4-3-5-18(16)19-17/h6-9,13,16-19H,3-5,10-12H2,1-2H3. The van der Waals surface area contributed by atoms with Crippen LogP contribution in [0.5, 0.6) is 0 Å². The minimum Gasteiger partial charge on any atom is -0.311 e. The fourth-order valence-electron chi connectivity index (χ4n) is 3.89. The maximum absolute atomic E-state index is 3.90. The van der Waals surface area contributed by atoms with E-state index in [-0.39, 0.29) is 0 Å². The van der Waals surface area contributed by atoms with Crippen LogP contribution in [-0.2, 0) is 6.42 Å². The maximum atomic E-state index is 3.90. The van der Waals surface area contributed by atoms with Crippen molar-refractivity contribution >= 4 is 0 Å². The Balaban J connectivity index is 1.59. The second-order valence-corrected chi connectivity index (χ2v) is 6.84. The highest BCUT2D eigenvalue weighted by atomic mass is 15.0. The summed E-state index contributed by atoms with van der Waals surface area (Å²) < 4.78 is 0. The van der Waals surface area contributed by atoms with Crippen LogP contribution in [0, 0.1) is 5.92 Å². The molecule has 0 bridgehead atoms. The molecule has 0 spiro atoms. The molecule has 3 rings (SSSR count). The van der Waals surface area contributed by atoms with Crippen molar-refractivity contribution in [2.24, 2.45) is 5.92 Å². The number of benzene rings is 1. The van der Waals surface area contributed by atoms with Gasteiger partial charge in [-0.3, -0.25) is 0 Å². The summed E-state index contributed by atoms with van der Waals surface area (Å²) in [6.07, 6.45) is 8.35. The van der Waals surface area contributed by atoms with Crippen LogP contribution >= 0.6 is 0 Å². The zero-order chi connectivity index (χ0) is 13.2. The zero-order valence-electron chi connectivity index (χ0n) is 12.4. The first-order valence-electron chi connectivity index (χ1n) is 8.07. The summed E-state index contributed by atoms with van der Waals surface area (Å²) in [5.74, 6) is 1.63. The molecular formula is C18H27N. The number of piperidine rings is 1. The van der Waals surface area contributed by atoms with Crippen molar-refractivity contribution in [3.05, 3.63) is 35.4 Å². The van der Waals surface area contributed by atoms with Gasteiger partial charge in [0, 0.05) is 12.1 Å². The van der Waals surface area contributed by atoms with Crippen LogP contribution in [0.2, 0.25) is 0 Å². The molecular weight excluding hydrogens is 230 g/mol. The van der Waals surface area contributed by atoms with E-state index in [4.69, 9.17) is 0 Å². The van der Waals surface area contributed by atoms with Gasteiger partial charge < -0.3 is 5.32 Å². The zero-order valence-corrected chi connectivity index (χ0v) is 12.4. The Morgan fingerprint density at radius 3 is 2.58 bits per heavy atom. The van der Waals surface area contributed by atoms with Crippen molar-refractivity contribution in [2.45, 2.75) is 70.4 Å². The number of fused-ring (bicyclic) bond motifs is 1. The Kier molecular flexibility index (Phi) is 3.93. The van der Waals surface area contributed by atoms with E-state index in [2.05, 4.69) is 43.4 Å². The number of hydrogen-bond donors (Lipinski definition) is 1. The van der Waals surface area contributed by atoms with Gasteiger partial charge in [0.25, 0.3) is 0 Å². The van der Waals surface area contributed by atoms with E-state index in [1.165, 1.54) is 49.7 Å². The van der Waals surface area contributed by atoms with Gasteiger partial charge in [-0.1, -0.05) is 44.5 Å². The van der Waals surface area contributed by atoms with E-state index in [1.54, 1.807) is 0 Å². The molecule has 1 saturated heterocycles. The largest absolute Gasteiger partial charge is 0.311 e. The molecule has 1 aromatic carbocycles. The fraction of sp³-hybridized carbons (Fsp3) is 0.667. The summed E-state index contributed by atoms with van der Waals surface area (Å²) in [6, 6.07) is 10.8. The lowest BCUT2D eigenvalue weighted by molar-refractivity contribution is 0.257. The van der Waals surface area contributed by atoms with Gasteiger partial charge in [-0.25, -0.2) is 0 Å². The molecule has 0 aromatic heterocycles. The molecule has 1 aliphatic carbocycles. The maximum Gasteiger partial charge on any atom is 0.0110 e. The Labute approximate surface area is 117 Å². The monoisotopic (exact) mass is 257 g/mol. The SMILES string of the molecule is CC(C)c1ccc(CC2CCC3CCCC3N2)cc1. The molecule has 2 fully saturated rings. The highest BCUT2D eigenvalue weighted by molar-refractivity contribution is 5.25. The second kappa shape index (κ2) is 5.66. The third-order valence-corrected chi connectivity index (χ3v) is 5.12. The van der Waals surface area contributed by atoms with Gasteiger partial charge in [0.1, 0.15) is 0 Å². The molecule has 1 aromatic rings. The fourth-order valence-corrected chi connectivity index (χ4v) is 3.89. The summed E-state index contributed by atoms with van der Waals surface area (Å²) in [4.78, 5) is 0. The number of rotatable bonds is 3. The third-order valence-electron chi connectivity index (χ3n) is 5.12. The second-order valence-electron chi connectivity index (χ2n) is 6.84. The van der Waals surface area contributed by atoms with Gasteiger partial charge in [0.2, 0.25) is 0 Å². The minimum atomic E-state index is 0.640. The van der Waals surface area contributed by atoms with E-state index in [0.29, 0.717) is 12.0 Å². The van der Waals surface area contributed by atoms with Crippen LogP contribution in [-0.4, -0.2) is 12.1 Å². The van der Waals surface area contributed by atoms with Crippen LogP contribution in [0.25, 0.3) is 0 Å². The first kappa shape index (κ1) is 13.2. The van der Waals surface area contributed by atoms with Gasteiger partial charge >= 0.3 is 0 Å². The van der Waals surface area contributed by atoms with Crippen LogP contribution in [0.3, 0.4) is 0 Å². The molecule has 0 amide bonds. The highest BCUT2D eigenvalue weighted by Crippen LogP contribution is 2.34. The molecule has 1 nitrogen and oxygen atoms in total. The lowest BCUT2D eigenvalue weighted by Crippen LogP contribution is -2.46. The molecule has 3 unspecified atom stereocenters. The smallest absolute Gasteiger partial charge is 0.0110 e. The van der Waals surface area contributed by atoms with Crippen molar-refractivity contribution in [3.63, 3.8) is 0 Å². The lowest BCUT2D eigenvalue weighted by Gasteiger charge is -2.33. The predicted octanol–water partition coefficient (Wildman–Crippen LogP) is 4.27. The Morgan fingerprint density at radius 2 is 1.84 bits per heavy atom. The molecule has 104 valence electrons. The topological polar surface area (TPSA) is 12.0 Å². The van der Waals surface area contributed by atoms with Gasteiger partial charge in [0.15, 0.2) is 0 Å². The quantitative estimate of drug-likeness (QED) is 0.852. The van der Waals surface area contributed by atoms with Crippen molar-refractivity contribution < 1.29 is 0 Å². The Hall–Kier alpha value is -0.820. The van der Waals surface area contributed by atoms with E-state index in [9.17, 15) is 0 Å². The number of hydrogen-bond acceptors (Lipinski definition) is 1. The molecule has 19 heavy (non-hydrogen) atoms. The Bertz CT molecular complexity index is 406. The van der Waals surface area contributed by atoms with E-state index >= 15 is 0 Å². The van der Waals surface area contributed by atoms with Crippen molar-refractivity contribution in [3.8, 4) is 0 Å². The first-order valence-corrected chi connectivity index (χ1v) is 8.07. The van der Waals surface area contributed by atoms with Gasteiger partial charge in [0.05, 0.1) is 0 Å². The third kappa shape index (κ3) is 3.02. The predicted molar refractivity (Wildman–Crippen MR) is 81.5 cm³/mol. The van der Waals surface area contributed by atoms with E-state index in [0.717, 1.165) is 12.0 Å².